The van der Waals surface area contributed by atoms with E-state index in [1.807, 2.05) is 44.2 Å². The van der Waals surface area contributed by atoms with Crippen molar-refractivity contribution in [2.24, 2.45) is 0 Å². The molecule has 2 rings (SSSR count). The summed E-state index contributed by atoms with van der Waals surface area (Å²) < 4.78 is 11.9. The van der Waals surface area contributed by atoms with Gasteiger partial charge in [-0.15, -0.1) is 0 Å². The van der Waals surface area contributed by atoms with Crippen molar-refractivity contribution in [3.63, 3.8) is 0 Å². The SMILES string of the molecule is CCCOc1cn(C(C)c2ccccc2)c(=O)o1. The molecule has 18 heavy (non-hydrogen) atoms. The van der Waals surface area contributed by atoms with Gasteiger partial charge in [0.1, 0.15) is 0 Å². The van der Waals surface area contributed by atoms with E-state index < -0.39 is 5.76 Å². The molecule has 0 radical (unpaired) electrons. The van der Waals surface area contributed by atoms with E-state index in [9.17, 15) is 4.79 Å². The minimum Gasteiger partial charge on any atom is -0.464 e. The number of hydrogen-bond acceptors (Lipinski definition) is 3. The Hall–Kier alpha value is -1.97. The normalized spacial score (nSPS) is 12.3. The molecule has 0 bridgehead atoms. The molecule has 0 aliphatic heterocycles. The first-order valence-corrected chi connectivity index (χ1v) is 6.12. The van der Waals surface area contributed by atoms with Crippen LogP contribution in [0.25, 0.3) is 0 Å². The number of rotatable bonds is 5. The minimum absolute atomic E-state index is 0.0681. The predicted molar refractivity (Wildman–Crippen MR) is 69.0 cm³/mol. The molecule has 96 valence electrons. The van der Waals surface area contributed by atoms with Crippen LogP contribution in [0.5, 0.6) is 5.95 Å². The lowest BCUT2D eigenvalue weighted by atomic mass is 10.1. The van der Waals surface area contributed by atoms with Gasteiger partial charge in [-0.2, -0.15) is 0 Å². The highest BCUT2D eigenvalue weighted by Gasteiger charge is 2.14. The molecule has 0 fully saturated rings. The Bertz CT molecular complexity index is 542. The fourth-order valence-electron chi connectivity index (χ4n) is 1.76. The largest absolute Gasteiger partial charge is 0.464 e. The van der Waals surface area contributed by atoms with Gasteiger partial charge in [-0.1, -0.05) is 37.3 Å². The van der Waals surface area contributed by atoms with Gasteiger partial charge in [0, 0.05) is 0 Å². The van der Waals surface area contributed by atoms with Gasteiger partial charge in [0.2, 0.25) is 0 Å². The van der Waals surface area contributed by atoms with Gasteiger partial charge in [0.25, 0.3) is 0 Å². The maximum absolute atomic E-state index is 11.7. The van der Waals surface area contributed by atoms with Crippen LogP contribution in [-0.4, -0.2) is 11.2 Å². The fourth-order valence-corrected chi connectivity index (χ4v) is 1.76. The summed E-state index contributed by atoms with van der Waals surface area (Å²) in [6.07, 6.45) is 2.50. The molecule has 1 atom stereocenters. The van der Waals surface area contributed by atoms with E-state index in [-0.39, 0.29) is 12.0 Å². The van der Waals surface area contributed by atoms with Crippen LogP contribution in [0.4, 0.5) is 0 Å². The third kappa shape index (κ3) is 2.64. The van der Waals surface area contributed by atoms with Crippen molar-refractivity contribution in [2.75, 3.05) is 6.61 Å². The van der Waals surface area contributed by atoms with Crippen LogP contribution in [0.2, 0.25) is 0 Å². The zero-order valence-corrected chi connectivity index (χ0v) is 10.6. The summed E-state index contributed by atoms with van der Waals surface area (Å²) in [6.45, 7) is 4.50. The molecule has 1 unspecified atom stereocenters. The van der Waals surface area contributed by atoms with E-state index in [4.69, 9.17) is 9.15 Å². The van der Waals surface area contributed by atoms with E-state index in [0.29, 0.717) is 6.61 Å². The van der Waals surface area contributed by atoms with Gasteiger partial charge in [-0.25, -0.2) is 4.79 Å². The van der Waals surface area contributed by atoms with Gasteiger partial charge in [0.05, 0.1) is 18.8 Å². The van der Waals surface area contributed by atoms with Crippen LogP contribution >= 0.6 is 0 Å². The van der Waals surface area contributed by atoms with Crippen LogP contribution in [-0.2, 0) is 0 Å². The molecule has 0 saturated carbocycles. The first-order chi connectivity index (χ1) is 8.72. The number of ether oxygens (including phenoxy) is 1. The lowest BCUT2D eigenvalue weighted by molar-refractivity contribution is 0.236. The fraction of sp³-hybridized carbons (Fsp3) is 0.357. The molecule has 0 aliphatic rings. The van der Waals surface area contributed by atoms with Crippen molar-refractivity contribution in [3.05, 3.63) is 52.6 Å². The molecule has 4 nitrogen and oxygen atoms in total. The average Bonchev–Trinajstić information content (AvgIpc) is 2.78. The second-order valence-corrected chi connectivity index (χ2v) is 4.16. The van der Waals surface area contributed by atoms with E-state index in [1.54, 1.807) is 10.8 Å². The Balaban J connectivity index is 2.23. The molecule has 1 aromatic carbocycles. The van der Waals surface area contributed by atoms with Gasteiger partial charge < -0.3 is 9.15 Å². The zero-order valence-electron chi connectivity index (χ0n) is 10.6. The summed E-state index contributed by atoms with van der Waals surface area (Å²) in [4.78, 5) is 11.7. The predicted octanol–water partition coefficient (Wildman–Crippen LogP) is 2.84. The van der Waals surface area contributed by atoms with Crippen LogP contribution < -0.4 is 10.5 Å². The third-order valence-electron chi connectivity index (χ3n) is 2.79. The molecular formula is C14H17NO3. The summed E-state index contributed by atoms with van der Waals surface area (Å²) >= 11 is 0. The van der Waals surface area contributed by atoms with Crippen LogP contribution in [0.1, 0.15) is 31.9 Å². The van der Waals surface area contributed by atoms with Gasteiger partial charge in [-0.3, -0.25) is 4.57 Å². The Kier molecular flexibility index (Phi) is 3.87. The van der Waals surface area contributed by atoms with Crippen molar-refractivity contribution in [1.29, 1.82) is 0 Å². The average molecular weight is 247 g/mol. The van der Waals surface area contributed by atoms with E-state index in [1.165, 1.54) is 0 Å². The Morgan fingerprint density at radius 1 is 1.33 bits per heavy atom. The highest BCUT2D eigenvalue weighted by atomic mass is 16.6. The molecule has 2 aromatic rings. The zero-order chi connectivity index (χ0) is 13.0. The van der Waals surface area contributed by atoms with Gasteiger partial charge >= 0.3 is 11.7 Å². The number of benzene rings is 1. The highest BCUT2D eigenvalue weighted by Crippen LogP contribution is 2.18. The number of oxazole rings is 1. The first kappa shape index (κ1) is 12.5. The Labute approximate surface area is 106 Å². The maximum atomic E-state index is 11.7. The minimum atomic E-state index is -0.391. The molecule has 0 amide bonds. The van der Waals surface area contributed by atoms with E-state index >= 15 is 0 Å². The molecule has 0 N–H and O–H groups in total. The number of nitrogens with zero attached hydrogens (tertiary/aromatic N) is 1. The highest BCUT2D eigenvalue weighted by molar-refractivity contribution is 5.19. The van der Waals surface area contributed by atoms with Crippen molar-refractivity contribution in [2.45, 2.75) is 26.3 Å². The summed E-state index contributed by atoms with van der Waals surface area (Å²) in [7, 11) is 0. The van der Waals surface area contributed by atoms with E-state index in [0.717, 1.165) is 12.0 Å². The Morgan fingerprint density at radius 3 is 2.72 bits per heavy atom. The van der Waals surface area contributed by atoms with Crippen molar-refractivity contribution >= 4 is 0 Å². The first-order valence-electron chi connectivity index (χ1n) is 6.12. The molecule has 4 heteroatoms. The second kappa shape index (κ2) is 5.58. The topological polar surface area (TPSA) is 44.4 Å². The smallest absolute Gasteiger partial charge is 0.422 e. The summed E-state index contributed by atoms with van der Waals surface area (Å²) in [6, 6.07) is 9.75. The molecule has 0 aliphatic carbocycles. The quantitative estimate of drug-likeness (QED) is 0.816. The molecule has 1 aromatic heterocycles. The van der Waals surface area contributed by atoms with Crippen LogP contribution in [0, 0.1) is 0 Å². The maximum Gasteiger partial charge on any atom is 0.422 e. The second-order valence-electron chi connectivity index (χ2n) is 4.16. The lowest BCUT2D eigenvalue weighted by Gasteiger charge is -2.10. The third-order valence-corrected chi connectivity index (χ3v) is 2.79. The van der Waals surface area contributed by atoms with Crippen LogP contribution in [0.15, 0.2) is 45.7 Å². The van der Waals surface area contributed by atoms with Gasteiger partial charge in [-0.05, 0) is 18.9 Å². The van der Waals surface area contributed by atoms with Crippen molar-refractivity contribution < 1.29 is 9.15 Å². The van der Waals surface area contributed by atoms with Crippen molar-refractivity contribution in [1.82, 2.24) is 4.57 Å². The number of aromatic nitrogens is 1. The molecule has 1 heterocycles. The number of hydrogen-bond donors (Lipinski definition) is 0. The molecular weight excluding hydrogens is 230 g/mol. The molecule has 0 spiro atoms. The monoisotopic (exact) mass is 247 g/mol. The molecule has 0 saturated heterocycles. The lowest BCUT2D eigenvalue weighted by Crippen LogP contribution is -2.18. The van der Waals surface area contributed by atoms with Crippen LogP contribution in [0.3, 0.4) is 0 Å². The summed E-state index contributed by atoms with van der Waals surface area (Å²) in [5.74, 6) is -0.109. The summed E-state index contributed by atoms with van der Waals surface area (Å²) in [5.41, 5.74) is 1.06. The standard InChI is InChI=1S/C14H17NO3/c1-3-9-17-13-10-15(14(16)18-13)11(2)12-7-5-4-6-8-12/h4-8,10-11H,3,9H2,1-2H3. The summed E-state index contributed by atoms with van der Waals surface area (Å²) in [5, 5.41) is 0. The van der Waals surface area contributed by atoms with Crippen molar-refractivity contribution in [3.8, 4) is 5.95 Å². The van der Waals surface area contributed by atoms with Gasteiger partial charge in [0.15, 0.2) is 0 Å². The Morgan fingerprint density at radius 2 is 2.06 bits per heavy atom. The van der Waals surface area contributed by atoms with E-state index in [2.05, 4.69) is 0 Å².